The van der Waals surface area contributed by atoms with Gasteiger partial charge in [0.25, 0.3) is 0 Å². The van der Waals surface area contributed by atoms with Gasteiger partial charge in [-0.25, -0.2) is 0 Å². The van der Waals surface area contributed by atoms with E-state index in [0.29, 0.717) is 31.3 Å². The molecule has 0 radical (unpaired) electrons. The van der Waals surface area contributed by atoms with Crippen molar-refractivity contribution in [2.75, 3.05) is 0 Å². The number of aliphatic hydroxyl groups is 2. The predicted octanol–water partition coefficient (Wildman–Crippen LogP) is 2.38. The van der Waals surface area contributed by atoms with Gasteiger partial charge in [0.2, 0.25) is 0 Å². The largest absolute Gasteiger partial charge is 0.390 e. The van der Waals surface area contributed by atoms with Crippen LogP contribution in [0, 0.1) is 5.92 Å². The Hall–Kier alpha value is -0.930. The van der Waals surface area contributed by atoms with Gasteiger partial charge in [-0.05, 0) is 45.6 Å². The van der Waals surface area contributed by atoms with E-state index in [1.807, 2.05) is 6.92 Å². The molecule has 1 rings (SSSR count). The van der Waals surface area contributed by atoms with Crippen LogP contribution in [-0.4, -0.2) is 27.7 Å². The number of hydrogen-bond donors (Lipinski definition) is 2. The van der Waals surface area contributed by atoms with Gasteiger partial charge in [-0.2, -0.15) is 0 Å². The average Bonchev–Trinajstić information content (AvgIpc) is 2.22. The molecule has 102 valence electrons. The number of hydrogen-bond acceptors (Lipinski definition) is 3. The maximum atomic E-state index is 11.8. The third-order valence-corrected chi connectivity index (χ3v) is 3.67. The highest BCUT2D eigenvalue weighted by atomic mass is 16.3. The summed E-state index contributed by atoms with van der Waals surface area (Å²) in [5.41, 5.74) is 0.615. The molecule has 0 aromatic rings. The first kappa shape index (κ1) is 15.1. The summed E-state index contributed by atoms with van der Waals surface area (Å²) in [5, 5.41) is 20.3. The van der Waals surface area contributed by atoms with Crippen molar-refractivity contribution in [3.63, 3.8) is 0 Å². The quantitative estimate of drug-likeness (QED) is 0.556. The van der Waals surface area contributed by atoms with Gasteiger partial charge >= 0.3 is 0 Å². The van der Waals surface area contributed by atoms with E-state index in [9.17, 15) is 15.0 Å². The molecule has 0 saturated heterocycles. The summed E-state index contributed by atoms with van der Waals surface area (Å²) in [6.45, 7) is 9.10. The molecule has 0 heterocycles. The molecule has 3 nitrogen and oxygen atoms in total. The second-order valence-corrected chi connectivity index (χ2v) is 5.83. The number of allylic oxidation sites excluding steroid dienone is 2. The van der Waals surface area contributed by atoms with Crippen molar-refractivity contribution in [2.24, 2.45) is 5.92 Å². The highest BCUT2D eigenvalue weighted by Gasteiger charge is 2.32. The van der Waals surface area contributed by atoms with Gasteiger partial charge in [0.1, 0.15) is 0 Å². The lowest BCUT2D eigenvalue weighted by molar-refractivity contribution is -0.115. The Bertz CT molecular complexity index is 360. The number of Topliss-reactive ketones (excluding diaryl/α,β-unsaturated/α-hetero) is 1. The van der Waals surface area contributed by atoms with Gasteiger partial charge in [-0.15, -0.1) is 0 Å². The minimum absolute atomic E-state index is 0.0913. The van der Waals surface area contributed by atoms with Crippen molar-refractivity contribution in [3.8, 4) is 0 Å². The Labute approximate surface area is 109 Å². The first-order valence-corrected chi connectivity index (χ1v) is 6.50. The molecule has 0 amide bonds. The Morgan fingerprint density at radius 2 is 1.94 bits per heavy atom. The predicted molar refractivity (Wildman–Crippen MR) is 72.2 cm³/mol. The topological polar surface area (TPSA) is 57.5 Å². The van der Waals surface area contributed by atoms with E-state index in [4.69, 9.17) is 0 Å². The zero-order valence-corrected chi connectivity index (χ0v) is 11.6. The number of carbonyl (C=O) groups excluding carboxylic acids is 1. The third kappa shape index (κ3) is 4.07. The molecule has 2 atom stereocenters. The maximum Gasteiger partial charge on any atom is 0.158 e. The molecular formula is C15H24O3. The molecule has 0 unspecified atom stereocenters. The summed E-state index contributed by atoms with van der Waals surface area (Å²) in [5.74, 6) is -0.191. The molecule has 1 aliphatic rings. The zero-order chi connectivity index (χ0) is 13.9. The minimum Gasteiger partial charge on any atom is -0.390 e. The van der Waals surface area contributed by atoms with Crippen molar-refractivity contribution >= 4 is 5.78 Å². The molecule has 0 spiro atoms. The van der Waals surface area contributed by atoms with Crippen LogP contribution in [-0.2, 0) is 4.79 Å². The lowest BCUT2D eigenvalue weighted by Gasteiger charge is -2.33. The SMILES string of the molecule is C=C1CC[C@@H](C(C)(C)O)[C@H](O)/C=C(\C)CCC1=O. The van der Waals surface area contributed by atoms with Crippen LogP contribution < -0.4 is 0 Å². The molecule has 0 aromatic carbocycles. The van der Waals surface area contributed by atoms with Gasteiger partial charge in [-0.1, -0.05) is 18.2 Å². The standard InChI is InChI=1S/C15H24O3/c1-10-5-8-13(16)11(2)6-7-12(14(17)9-10)15(3,4)18/h9,12,14,17-18H,2,5-8H2,1,3-4H3/b10-9+/t12-,14-/m1/s1. The Morgan fingerprint density at radius 1 is 1.33 bits per heavy atom. The van der Waals surface area contributed by atoms with E-state index < -0.39 is 11.7 Å². The summed E-state index contributed by atoms with van der Waals surface area (Å²) in [6.07, 6.45) is 3.31. The highest BCUT2D eigenvalue weighted by molar-refractivity contribution is 5.94. The monoisotopic (exact) mass is 252 g/mol. The van der Waals surface area contributed by atoms with Crippen LogP contribution in [0.15, 0.2) is 23.8 Å². The summed E-state index contributed by atoms with van der Waals surface area (Å²) < 4.78 is 0. The van der Waals surface area contributed by atoms with E-state index in [0.717, 1.165) is 5.57 Å². The average molecular weight is 252 g/mol. The molecule has 2 N–H and O–H groups in total. The van der Waals surface area contributed by atoms with E-state index in [-0.39, 0.29) is 11.7 Å². The van der Waals surface area contributed by atoms with Crippen molar-refractivity contribution in [1.29, 1.82) is 0 Å². The van der Waals surface area contributed by atoms with Crippen LogP contribution in [0.25, 0.3) is 0 Å². The summed E-state index contributed by atoms with van der Waals surface area (Å²) in [7, 11) is 0. The van der Waals surface area contributed by atoms with Crippen molar-refractivity contribution in [2.45, 2.75) is 58.2 Å². The van der Waals surface area contributed by atoms with Gasteiger partial charge in [0, 0.05) is 12.3 Å². The second kappa shape index (κ2) is 5.81. The molecule has 0 fully saturated rings. The maximum absolute atomic E-state index is 11.8. The van der Waals surface area contributed by atoms with E-state index in [1.54, 1.807) is 19.9 Å². The normalized spacial score (nSPS) is 30.8. The zero-order valence-electron chi connectivity index (χ0n) is 11.6. The lowest BCUT2D eigenvalue weighted by Crippen LogP contribution is -2.39. The fourth-order valence-electron chi connectivity index (χ4n) is 2.39. The molecule has 0 aromatic heterocycles. The molecule has 18 heavy (non-hydrogen) atoms. The molecule has 0 aliphatic heterocycles. The summed E-state index contributed by atoms with van der Waals surface area (Å²) in [6, 6.07) is 0. The van der Waals surface area contributed by atoms with Gasteiger partial charge in [-0.3, -0.25) is 4.79 Å². The molecular weight excluding hydrogens is 228 g/mol. The van der Waals surface area contributed by atoms with Crippen molar-refractivity contribution in [3.05, 3.63) is 23.8 Å². The minimum atomic E-state index is -0.973. The van der Waals surface area contributed by atoms with Crippen molar-refractivity contribution in [1.82, 2.24) is 0 Å². The fourth-order valence-corrected chi connectivity index (χ4v) is 2.39. The first-order chi connectivity index (χ1) is 8.21. The Morgan fingerprint density at radius 3 is 2.50 bits per heavy atom. The number of aliphatic hydroxyl groups excluding tert-OH is 1. The molecule has 1 aliphatic carbocycles. The second-order valence-electron chi connectivity index (χ2n) is 5.83. The smallest absolute Gasteiger partial charge is 0.158 e. The first-order valence-electron chi connectivity index (χ1n) is 6.50. The van der Waals surface area contributed by atoms with Crippen LogP contribution in [0.5, 0.6) is 0 Å². The van der Waals surface area contributed by atoms with Crippen LogP contribution in [0.2, 0.25) is 0 Å². The van der Waals surface area contributed by atoms with Crippen LogP contribution in [0.3, 0.4) is 0 Å². The molecule has 0 bridgehead atoms. The van der Waals surface area contributed by atoms with E-state index in [1.165, 1.54) is 0 Å². The van der Waals surface area contributed by atoms with Gasteiger partial charge in [0.05, 0.1) is 11.7 Å². The van der Waals surface area contributed by atoms with Crippen LogP contribution >= 0.6 is 0 Å². The molecule has 3 heteroatoms. The number of ketones is 1. The third-order valence-electron chi connectivity index (χ3n) is 3.67. The number of carbonyl (C=O) groups is 1. The number of rotatable bonds is 1. The lowest BCUT2D eigenvalue weighted by atomic mass is 9.80. The summed E-state index contributed by atoms with van der Waals surface area (Å²) in [4.78, 5) is 11.8. The van der Waals surface area contributed by atoms with Crippen LogP contribution in [0.4, 0.5) is 0 Å². The van der Waals surface area contributed by atoms with Gasteiger partial charge in [0.15, 0.2) is 5.78 Å². The van der Waals surface area contributed by atoms with Gasteiger partial charge < -0.3 is 10.2 Å². The van der Waals surface area contributed by atoms with E-state index >= 15 is 0 Å². The Balaban J connectivity index is 2.97. The van der Waals surface area contributed by atoms with E-state index in [2.05, 4.69) is 6.58 Å². The van der Waals surface area contributed by atoms with Crippen molar-refractivity contribution < 1.29 is 15.0 Å². The molecule has 0 saturated carbocycles. The Kier molecular flexibility index (Phi) is 4.88. The van der Waals surface area contributed by atoms with Crippen LogP contribution in [0.1, 0.15) is 46.5 Å². The highest BCUT2D eigenvalue weighted by Crippen LogP contribution is 2.29. The summed E-state index contributed by atoms with van der Waals surface area (Å²) >= 11 is 0. The fraction of sp³-hybridized carbons (Fsp3) is 0.667.